The van der Waals surface area contributed by atoms with E-state index >= 15 is 0 Å². The zero-order valence-electron chi connectivity index (χ0n) is 9.49. The van der Waals surface area contributed by atoms with Crippen LogP contribution in [0.3, 0.4) is 0 Å². The van der Waals surface area contributed by atoms with E-state index in [1.54, 1.807) is 11.3 Å². The van der Waals surface area contributed by atoms with Gasteiger partial charge in [0.1, 0.15) is 6.10 Å². The van der Waals surface area contributed by atoms with Gasteiger partial charge in [0.05, 0.1) is 13.0 Å². The van der Waals surface area contributed by atoms with Crippen LogP contribution in [0.25, 0.3) is 0 Å². The molecule has 0 radical (unpaired) electrons. The van der Waals surface area contributed by atoms with Crippen molar-refractivity contribution in [3.05, 3.63) is 21.9 Å². The van der Waals surface area contributed by atoms with E-state index in [9.17, 15) is 4.79 Å². The number of fused-ring (bicyclic) bond motifs is 1. The summed E-state index contributed by atoms with van der Waals surface area (Å²) in [5, 5.41) is 4.97. The maximum atomic E-state index is 11.6. The van der Waals surface area contributed by atoms with Gasteiger partial charge in [-0.05, 0) is 29.9 Å². The first kappa shape index (κ1) is 11.6. The van der Waals surface area contributed by atoms with Crippen LogP contribution in [0.2, 0.25) is 0 Å². The van der Waals surface area contributed by atoms with Gasteiger partial charge in [0.2, 0.25) is 5.91 Å². The molecule has 1 aliphatic rings. The van der Waals surface area contributed by atoms with Gasteiger partial charge in [0.25, 0.3) is 0 Å². The molecule has 2 rings (SSSR count). The molecule has 88 valence electrons. The Morgan fingerprint density at radius 2 is 2.56 bits per heavy atom. The molecule has 0 spiro atoms. The Morgan fingerprint density at radius 3 is 3.38 bits per heavy atom. The number of amides is 1. The molecule has 1 amide bonds. The molecule has 0 unspecified atom stereocenters. The van der Waals surface area contributed by atoms with E-state index in [4.69, 9.17) is 4.74 Å². The van der Waals surface area contributed by atoms with E-state index in [1.165, 1.54) is 10.4 Å². The highest BCUT2D eigenvalue weighted by atomic mass is 32.1. The molecule has 0 aliphatic carbocycles. The van der Waals surface area contributed by atoms with Crippen LogP contribution in [-0.2, 0) is 16.0 Å². The molecule has 1 atom stereocenters. The lowest BCUT2D eigenvalue weighted by Gasteiger charge is -2.22. The molecule has 1 aliphatic heterocycles. The number of thiophene rings is 1. The zero-order valence-corrected chi connectivity index (χ0v) is 10.3. The number of nitrogens with one attached hydrogen (secondary N) is 1. The zero-order chi connectivity index (χ0) is 11.4. The van der Waals surface area contributed by atoms with Crippen molar-refractivity contribution in [3.63, 3.8) is 0 Å². The van der Waals surface area contributed by atoms with Crippen LogP contribution >= 0.6 is 11.3 Å². The second kappa shape index (κ2) is 5.46. The standard InChI is InChI=1S/C12H17NO2S/c1-2-5-13-11(14)8-10-12-9(3-6-15-10)4-7-16-12/h4,7,10H,2-3,5-6,8H2,1H3,(H,13,14)/t10-/m0/s1. The van der Waals surface area contributed by atoms with Crippen LogP contribution in [0.4, 0.5) is 0 Å². The third-order valence-electron chi connectivity index (χ3n) is 2.71. The number of hydrogen-bond acceptors (Lipinski definition) is 3. The van der Waals surface area contributed by atoms with Crippen molar-refractivity contribution in [1.82, 2.24) is 5.32 Å². The Balaban J connectivity index is 1.94. The van der Waals surface area contributed by atoms with Gasteiger partial charge < -0.3 is 10.1 Å². The number of ether oxygens (including phenoxy) is 1. The fourth-order valence-corrected chi connectivity index (χ4v) is 2.88. The Bertz CT molecular complexity index is 362. The van der Waals surface area contributed by atoms with Gasteiger partial charge in [-0.25, -0.2) is 0 Å². The van der Waals surface area contributed by atoms with Gasteiger partial charge in [-0.2, -0.15) is 0 Å². The van der Waals surface area contributed by atoms with Crippen molar-refractivity contribution in [2.75, 3.05) is 13.2 Å². The lowest BCUT2D eigenvalue weighted by Crippen LogP contribution is -2.27. The topological polar surface area (TPSA) is 38.3 Å². The molecule has 0 fully saturated rings. The van der Waals surface area contributed by atoms with Crippen LogP contribution in [0.5, 0.6) is 0 Å². The summed E-state index contributed by atoms with van der Waals surface area (Å²) in [6, 6.07) is 2.14. The van der Waals surface area contributed by atoms with Crippen molar-refractivity contribution >= 4 is 17.2 Å². The van der Waals surface area contributed by atoms with E-state index in [0.29, 0.717) is 6.42 Å². The summed E-state index contributed by atoms with van der Waals surface area (Å²) >= 11 is 1.69. The average Bonchev–Trinajstić information content (AvgIpc) is 2.75. The Morgan fingerprint density at radius 1 is 1.69 bits per heavy atom. The van der Waals surface area contributed by atoms with Crippen molar-refractivity contribution in [3.8, 4) is 0 Å². The highest BCUT2D eigenvalue weighted by Crippen LogP contribution is 2.33. The smallest absolute Gasteiger partial charge is 0.222 e. The quantitative estimate of drug-likeness (QED) is 0.875. The number of hydrogen-bond donors (Lipinski definition) is 1. The maximum Gasteiger partial charge on any atom is 0.222 e. The second-order valence-corrected chi connectivity index (χ2v) is 4.92. The van der Waals surface area contributed by atoms with Crippen LogP contribution in [-0.4, -0.2) is 19.1 Å². The highest BCUT2D eigenvalue weighted by Gasteiger charge is 2.24. The molecule has 0 aromatic carbocycles. The van der Waals surface area contributed by atoms with Crippen molar-refractivity contribution in [1.29, 1.82) is 0 Å². The fourth-order valence-electron chi connectivity index (χ4n) is 1.88. The fraction of sp³-hybridized carbons (Fsp3) is 0.583. The van der Waals surface area contributed by atoms with E-state index < -0.39 is 0 Å². The van der Waals surface area contributed by atoms with Crippen molar-refractivity contribution in [2.45, 2.75) is 32.3 Å². The summed E-state index contributed by atoms with van der Waals surface area (Å²) in [4.78, 5) is 12.8. The molecular formula is C12H17NO2S. The first-order chi connectivity index (χ1) is 7.81. The summed E-state index contributed by atoms with van der Waals surface area (Å²) in [6.45, 7) is 3.53. The monoisotopic (exact) mass is 239 g/mol. The molecule has 16 heavy (non-hydrogen) atoms. The third kappa shape index (κ3) is 2.62. The van der Waals surface area contributed by atoms with E-state index in [2.05, 4.69) is 23.7 Å². The van der Waals surface area contributed by atoms with Gasteiger partial charge in [-0.3, -0.25) is 4.79 Å². The molecule has 3 nitrogen and oxygen atoms in total. The van der Waals surface area contributed by atoms with Crippen molar-refractivity contribution in [2.24, 2.45) is 0 Å². The first-order valence-corrected chi connectivity index (χ1v) is 6.63. The minimum atomic E-state index is -0.0272. The Labute approximate surface area is 99.8 Å². The predicted molar refractivity (Wildman–Crippen MR) is 64.6 cm³/mol. The molecule has 4 heteroatoms. The number of carbonyl (C=O) groups excluding carboxylic acids is 1. The Hall–Kier alpha value is -0.870. The molecular weight excluding hydrogens is 222 g/mol. The third-order valence-corrected chi connectivity index (χ3v) is 3.76. The second-order valence-electron chi connectivity index (χ2n) is 3.97. The van der Waals surface area contributed by atoms with Gasteiger partial charge in [-0.1, -0.05) is 6.92 Å². The van der Waals surface area contributed by atoms with Gasteiger partial charge in [0, 0.05) is 11.4 Å². The SMILES string of the molecule is CCCNC(=O)C[C@@H]1OCCc2ccsc21. The lowest BCUT2D eigenvalue weighted by atomic mass is 10.1. The summed E-state index contributed by atoms with van der Waals surface area (Å²) in [5.74, 6) is 0.0908. The van der Waals surface area contributed by atoms with Gasteiger partial charge in [0.15, 0.2) is 0 Å². The summed E-state index contributed by atoms with van der Waals surface area (Å²) in [5.41, 5.74) is 1.35. The Kier molecular flexibility index (Phi) is 3.96. The summed E-state index contributed by atoms with van der Waals surface area (Å²) in [7, 11) is 0. The molecule has 0 saturated heterocycles. The van der Waals surface area contributed by atoms with Crippen LogP contribution in [0.15, 0.2) is 11.4 Å². The lowest BCUT2D eigenvalue weighted by molar-refractivity contribution is -0.124. The number of rotatable bonds is 4. The van der Waals surface area contributed by atoms with E-state index in [-0.39, 0.29) is 12.0 Å². The van der Waals surface area contributed by atoms with E-state index in [1.807, 2.05) is 0 Å². The average molecular weight is 239 g/mol. The van der Waals surface area contributed by atoms with Gasteiger partial charge in [-0.15, -0.1) is 11.3 Å². The van der Waals surface area contributed by atoms with E-state index in [0.717, 1.165) is 26.0 Å². The van der Waals surface area contributed by atoms with Crippen molar-refractivity contribution < 1.29 is 9.53 Å². The molecule has 2 heterocycles. The summed E-state index contributed by atoms with van der Waals surface area (Å²) < 4.78 is 5.66. The van der Waals surface area contributed by atoms with Crippen LogP contribution in [0, 0.1) is 0 Å². The van der Waals surface area contributed by atoms with Crippen LogP contribution in [0.1, 0.15) is 36.3 Å². The first-order valence-electron chi connectivity index (χ1n) is 5.76. The maximum absolute atomic E-state index is 11.6. The molecule has 1 N–H and O–H groups in total. The highest BCUT2D eigenvalue weighted by molar-refractivity contribution is 7.10. The minimum absolute atomic E-state index is 0.0272. The summed E-state index contributed by atoms with van der Waals surface area (Å²) in [6.07, 6.45) is 2.38. The largest absolute Gasteiger partial charge is 0.372 e. The van der Waals surface area contributed by atoms with Crippen LogP contribution < -0.4 is 5.32 Å². The number of carbonyl (C=O) groups is 1. The minimum Gasteiger partial charge on any atom is -0.372 e. The normalized spacial score (nSPS) is 19.2. The predicted octanol–water partition coefficient (Wildman–Crippen LogP) is 2.28. The molecule has 0 bridgehead atoms. The molecule has 0 saturated carbocycles. The van der Waals surface area contributed by atoms with Gasteiger partial charge >= 0.3 is 0 Å². The molecule has 1 aromatic rings. The molecule has 1 aromatic heterocycles.